The molecule has 5 aromatic rings. The average molecular weight is 724 g/mol. The van der Waals surface area contributed by atoms with Crippen LogP contribution in [0.1, 0.15) is 63.3 Å². The summed E-state index contributed by atoms with van der Waals surface area (Å²) in [5.41, 5.74) is 4.43. The summed E-state index contributed by atoms with van der Waals surface area (Å²) in [7, 11) is 0. The fourth-order valence-electron chi connectivity index (χ4n) is 6.17. The van der Waals surface area contributed by atoms with Gasteiger partial charge in [0.25, 0.3) is 11.8 Å². The molecule has 3 aromatic carbocycles. The van der Waals surface area contributed by atoms with Crippen molar-refractivity contribution >= 4 is 27.7 Å². The number of benzene rings is 3. The molecule has 1 saturated carbocycles. The number of aliphatic hydroxyl groups is 1. The number of aliphatic hydroxyl groups excluding tert-OH is 1. The largest absolute Gasteiger partial charge is 0.490 e. The van der Waals surface area contributed by atoms with E-state index in [-0.39, 0.29) is 55.7 Å². The van der Waals surface area contributed by atoms with Crippen LogP contribution >= 0.6 is 15.9 Å². The van der Waals surface area contributed by atoms with Gasteiger partial charge in [-0.1, -0.05) is 40.2 Å². The van der Waals surface area contributed by atoms with Crippen molar-refractivity contribution in [1.82, 2.24) is 29.3 Å². The van der Waals surface area contributed by atoms with Gasteiger partial charge in [0, 0.05) is 40.9 Å². The van der Waals surface area contributed by atoms with Gasteiger partial charge in [0.05, 0.1) is 29.7 Å². The molecule has 2 N–H and O–H groups in total. The first-order chi connectivity index (χ1) is 23.7. The molecule has 0 unspecified atom stereocenters. The number of imidazole rings is 1. The molecule has 1 fully saturated rings. The van der Waals surface area contributed by atoms with E-state index in [1.807, 2.05) is 62.4 Å². The molecule has 0 bridgehead atoms. The summed E-state index contributed by atoms with van der Waals surface area (Å²) in [5.74, 6) is 0.360. The van der Waals surface area contributed by atoms with Crippen molar-refractivity contribution in [2.45, 2.75) is 65.1 Å². The maximum absolute atomic E-state index is 14.3. The van der Waals surface area contributed by atoms with Crippen LogP contribution in [0.15, 0.2) is 88.3 Å². The van der Waals surface area contributed by atoms with Crippen molar-refractivity contribution in [3.8, 4) is 22.7 Å². The van der Waals surface area contributed by atoms with Gasteiger partial charge in [-0.3, -0.25) is 18.7 Å². The fraction of sp³-hybridized carbons (Fsp3) is 0.270. The molecule has 3 heterocycles. The Hall–Kier alpha value is -5.07. The number of aryl methyl sites for hydroxylation is 1. The Labute approximate surface area is 291 Å². The van der Waals surface area contributed by atoms with Crippen LogP contribution in [0.25, 0.3) is 16.9 Å². The highest BCUT2D eigenvalue weighted by Crippen LogP contribution is 2.29. The summed E-state index contributed by atoms with van der Waals surface area (Å²) in [6, 6.07) is 21.6. The summed E-state index contributed by atoms with van der Waals surface area (Å²) >= 11 is 3.51. The second-order valence-corrected chi connectivity index (χ2v) is 13.3. The molecule has 1 aliphatic carbocycles. The Balaban J connectivity index is 1.25. The Morgan fingerprint density at radius 3 is 2.57 bits per heavy atom. The number of carbonyl (C=O) groups is 2. The summed E-state index contributed by atoms with van der Waals surface area (Å²) < 4.78 is 9.87. The normalized spacial score (nSPS) is 15.5. The van der Waals surface area contributed by atoms with Crippen LogP contribution in [-0.4, -0.2) is 53.1 Å². The van der Waals surface area contributed by atoms with Gasteiger partial charge in [0.1, 0.15) is 18.1 Å². The standard InChI is InChI=1S/C37H35BrN6O5/c1-22-17-24(7-14-30(22)38)36(47)42-20-32-34(35(46)40-18-25-5-3-4-6-29(25)31-15-16-39-33(21-45)41-31)44(37(48)43(32)19-23(42)2)26-8-10-27(11-9-26)49-28-12-13-28/h3-11,14-17,23,28,45H,12-13,18-21H2,1-2H3,(H,40,46)/t23-/m1/s1. The topological polar surface area (TPSA) is 132 Å². The summed E-state index contributed by atoms with van der Waals surface area (Å²) in [6.07, 6.45) is 3.85. The first-order valence-electron chi connectivity index (χ1n) is 16.2. The van der Waals surface area contributed by atoms with E-state index in [4.69, 9.17) is 4.74 Å². The van der Waals surface area contributed by atoms with E-state index in [1.165, 1.54) is 4.57 Å². The number of rotatable bonds is 9. The van der Waals surface area contributed by atoms with Crippen LogP contribution < -0.4 is 15.7 Å². The number of hydrogen-bond acceptors (Lipinski definition) is 7. The molecule has 250 valence electrons. The minimum Gasteiger partial charge on any atom is -0.490 e. The predicted molar refractivity (Wildman–Crippen MR) is 186 cm³/mol. The third-order valence-electron chi connectivity index (χ3n) is 8.93. The lowest BCUT2D eigenvalue weighted by Crippen LogP contribution is -2.47. The van der Waals surface area contributed by atoms with Crippen LogP contribution in [0.3, 0.4) is 0 Å². The molecule has 1 atom stereocenters. The number of fused-ring (bicyclic) bond motifs is 1. The van der Waals surface area contributed by atoms with Crippen LogP contribution in [0, 0.1) is 6.92 Å². The highest BCUT2D eigenvalue weighted by Gasteiger charge is 2.35. The minimum absolute atomic E-state index is 0.0738. The molecule has 2 aliphatic rings. The fourth-order valence-corrected chi connectivity index (χ4v) is 6.41. The van der Waals surface area contributed by atoms with Crippen LogP contribution in [-0.2, 0) is 26.2 Å². The van der Waals surface area contributed by atoms with E-state index >= 15 is 0 Å². The van der Waals surface area contributed by atoms with Gasteiger partial charge in [-0.15, -0.1) is 0 Å². The third-order valence-corrected chi connectivity index (χ3v) is 9.82. The maximum atomic E-state index is 14.3. The van der Waals surface area contributed by atoms with Crippen molar-refractivity contribution in [1.29, 1.82) is 0 Å². The Kier molecular flexibility index (Phi) is 8.91. The molecular formula is C37H35BrN6O5. The SMILES string of the molecule is Cc1cc(C(=O)N2Cc3c(C(=O)NCc4ccccc4-c4ccnc(CO)n4)n(-c4ccc(OC5CC5)cc4)c(=O)n3C[C@H]2C)ccc1Br. The van der Waals surface area contributed by atoms with E-state index in [0.29, 0.717) is 34.2 Å². The lowest BCUT2D eigenvalue weighted by Gasteiger charge is -2.34. The van der Waals surface area contributed by atoms with Crippen molar-refractivity contribution in [2.24, 2.45) is 0 Å². The van der Waals surface area contributed by atoms with Crippen molar-refractivity contribution in [2.75, 3.05) is 0 Å². The second kappa shape index (κ2) is 13.4. The van der Waals surface area contributed by atoms with Crippen molar-refractivity contribution in [3.05, 3.63) is 128 Å². The maximum Gasteiger partial charge on any atom is 0.333 e. The average Bonchev–Trinajstić information content (AvgIpc) is 3.90. The van der Waals surface area contributed by atoms with Gasteiger partial charge in [-0.05, 0) is 86.3 Å². The number of nitrogens with one attached hydrogen (secondary N) is 1. The molecule has 0 saturated heterocycles. The Bertz CT molecular complexity index is 2120. The zero-order chi connectivity index (χ0) is 34.2. The Morgan fingerprint density at radius 2 is 1.84 bits per heavy atom. The number of halogens is 1. The second-order valence-electron chi connectivity index (χ2n) is 12.4. The highest BCUT2D eigenvalue weighted by atomic mass is 79.9. The summed E-state index contributed by atoms with van der Waals surface area (Å²) in [5, 5.41) is 12.6. The van der Waals surface area contributed by atoms with E-state index in [2.05, 4.69) is 31.2 Å². The summed E-state index contributed by atoms with van der Waals surface area (Å²) in [4.78, 5) is 52.5. The minimum atomic E-state index is -0.459. The lowest BCUT2D eigenvalue weighted by atomic mass is 10.0. The summed E-state index contributed by atoms with van der Waals surface area (Å²) in [6.45, 7) is 3.98. The molecule has 12 heteroatoms. The molecule has 2 amide bonds. The zero-order valence-electron chi connectivity index (χ0n) is 27.1. The number of carbonyl (C=O) groups excluding carboxylic acids is 2. The van der Waals surface area contributed by atoms with Crippen LogP contribution in [0.2, 0.25) is 0 Å². The van der Waals surface area contributed by atoms with Gasteiger partial charge in [0.15, 0.2) is 5.82 Å². The molecule has 0 radical (unpaired) electrons. The number of hydrogen-bond donors (Lipinski definition) is 2. The molecule has 0 spiro atoms. The molecule has 7 rings (SSSR count). The van der Waals surface area contributed by atoms with E-state index < -0.39 is 5.91 Å². The first-order valence-corrected chi connectivity index (χ1v) is 17.0. The number of aromatic nitrogens is 4. The van der Waals surface area contributed by atoms with E-state index in [1.54, 1.807) is 39.9 Å². The molecule has 49 heavy (non-hydrogen) atoms. The number of amides is 2. The monoisotopic (exact) mass is 722 g/mol. The van der Waals surface area contributed by atoms with Crippen LogP contribution in [0.4, 0.5) is 0 Å². The number of ether oxygens (including phenoxy) is 1. The van der Waals surface area contributed by atoms with Gasteiger partial charge in [-0.25, -0.2) is 14.8 Å². The zero-order valence-corrected chi connectivity index (χ0v) is 28.7. The predicted octanol–water partition coefficient (Wildman–Crippen LogP) is 5.17. The van der Waals surface area contributed by atoms with E-state index in [0.717, 1.165) is 34.0 Å². The quantitative estimate of drug-likeness (QED) is 0.215. The van der Waals surface area contributed by atoms with Gasteiger partial charge < -0.3 is 20.1 Å². The van der Waals surface area contributed by atoms with Gasteiger partial charge in [-0.2, -0.15) is 0 Å². The van der Waals surface area contributed by atoms with Crippen molar-refractivity contribution < 1.29 is 19.4 Å². The number of nitrogens with zero attached hydrogens (tertiary/aromatic N) is 5. The first kappa shape index (κ1) is 32.5. The van der Waals surface area contributed by atoms with Gasteiger partial charge >= 0.3 is 5.69 Å². The third kappa shape index (κ3) is 6.53. The van der Waals surface area contributed by atoms with Crippen molar-refractivity contribution in [3.63, 3.8) is 0 Å². The highest BCUT2D eigenvalue weighted by molar-refractivity contribution is 9.10. The molecule has 11 nitrogen and oxygen atoms in total. The lowest BCUT2D eigenvalue weighted by molar-refractivity contribution is 0.0610. The molecule has 1 aliphatic heterocycles. The molecule has 2 aromatic heterocycles. The smallest absolute Gasteiger partial charge is 0.333 e. The Morgan fingerprint density at radius 1 is 1.06 bits per heavy atom. The van der Waals surface area contributed by atoms with Crippen LogP contribution in [0.5, 0.6) is 5.75 Å². The molecular weight excluding hydrogens is 688 g/mol. The van der Waals surface area contributed by atoms with E-state index in [9.17, 15) is 19.5 Å². The van der Waals surface area contributed by atoms with Gasteiger partial charge in [0.2, 0.25) is 0 Å².